The van der Waals surface area contributed by atoms with Crippen LogP contribution >= 0.6 is 15.9 Å². The Morgan fingerprint density at radius 3 is 2.57 bits per heavy atom. The van der Waals surface area contributed by atoms with Crippen LogP contribution in [0.25, 0.3) is 10.9 Å². The molecule has 154 valence electrons. The quantitative estimate of drug-likeness (QED) is 0.700. The van der Waals surface area contributed by atoms with Gasteiger partial charge in [-0.25, -0.2) is 8.42 Å². The lowest BCUT2D eigenvalue weighted by molar-refractivity contribution is -0.121. The Labute approximate surface area is 174 Å². The van der Waals surface area contributed by atoms with E-state index in [1.807, 2.05) is 49.6 Å². The van der Waals surface area contributed by atoms with Gasteiger partial charge in [0.05, 0.1) is 18.0 Å². The second-order valence-electron chi connectivity index (χ2n) is 7.24. The Kier molecular flexibility index (Phi) is 6.48. The molecule has 1 aliphatic heterocycles. The van der Waals surface area contributed by atoms with Crippen LogP contribution in [0.4, 0.5) is 0 Å². The number of ether oxygens (including phenoxy) is 1. The van der Waals surface area contributed by atoms with Gasteiger partial charge in [-0.15, -0.1) is 0 Å². The van der Waals surface area contributed by atoms with Gasteiger partial charge in [0, 0.05) is 40.7 Å². The minimum absolute atomic E-state index is 0.0840. The van der Waals surface area contributed by atoms with Crippen molar-refractivity contribution in [3.8, 4) is 0 Å². The minimum Gasteiger partial charge on any atom is -0.373 e. The summed E-state index contributed by atoms with van der Waals surface area (Å²) in [6.45, 7) is 6.60. The van der Waals surface area contributed by atoms with Crippen molar-refractivity contribution in [2.75, 3.05) is 25.4 Å². The van der Waals surface area contributed by atoms with Gasteiger partial charge in [0.1, 0.15) is 6.54 Å². The Morgan fingerprint density at radius 1 is 1.25 bits per heavy atom. The molecule has 2 heterocycles. The number of carbonyl (C=O) groups excluding carboxylic acids is 1. The van der Waals surface area contributed by atoms with E-state index in [0.717, 1.165) is 21.1 Å². The molecule has 0 bridgehead atoms. The lowest BCUT2D eigenvalue weighted by atomic mass is 10.2. The predicted octanol–water partition coefficient (Wildman–Crippen LogP) is 2.27. The molecule has 28 heavy (non-hydrogen) atoms. The van der Waals surface area contributed by atoms with E-state index in [-0.39, 0.29) is 37.0 Å². The molecule has 0 radical (unpaired) electrons. The minimum atomic E-state index is -3.43. The molecule has 0 aliphatic carbocycles. The summed E-state index contributed by atoms with van der Waals surface area (Å²) in [7, 11) is -3.43. The fourth-order valence-electron chi connectivity index (χ4n) is 3.60. The van der Waals surface area contributed by atoms with E-state index in [4.69, 9.17) is 4.74 Å². The number of rotatable bonds is 6. The number of nitrogens with one attached hydrogen (secondary N) is 1. The average Bonchev–Trinajstić information content (AvgIpc) is 2.86. The third kappa shape index (κ3) is 4.59. The van der Waals surface area contributed by atoms with Gasteiger partial charge in [0.25, 0.3) is 0 Å². The SMILES string of the molecule is Cc1c(Br)c2ccccc2n1CC(=O)NCCS(=O)(=O)N1CC(C)OC(C)C1. The van der Waals surface area contributed by atoms with E-state index in [2.05, 4.69) is 21.2 Å². The first-order chi connectivity index (χ1) is 13.2. The average molecular weight is 472 g/mol. The van der Waals surface area contributed by atoms with E-state index in [9.17, 15) is 13.2 Å². The number of morpholine rings is 1. The fraction of sp³-hybridized carbons (Fsp3) is 0.526. The Balaban J connectivity index is 1.59. The highest BCUT2D eigenvalue weighted by Gasteiger charge is 2.30. The van der Waals surface area contributed by atoms with Crippen molar-refractivity contribution in [2.45, 2.75) is 39.5 Å². The number of para-hydroxylation sites is 1. The maximum atomic E-state index is 12.6. The summed E-state index contributed by atoms with van der Waals surface area (Å²) in [5.74, 6) is -0.330. The van der Waals surface area contributed by atoms with E-state index >= 15 is 0 Å². The summed E-state index contributed by atoms with van der Waals surface area (Å²) >= 11 is 3.58. The Morgan fingerprint density at radius 2 is 1.89 bits per heavy atom. The van der Waals surface area contributed by atoms with Crippen LogP contribution in [0.2, 0.25) is 0 Å². The first-order valence-corrected chi connectivity index (χ1v) is 11.7. The van der Waals surface area contributed by atoms with Crippen LogP contribution in [-0.2, 0) is 26.1 Å². The van der Waals surface area contributed by atoms with Gasteiger partial charge >= 0.3 is 0 Å². The van der Waals surface area contributed by atoms with Gasteiger partial charge in [-0.3, -0.25) is 4.79 Å². The molecule has 2 unspecified atom stereocenters. The molecule has 0 spiro atoms. The molecular weight excluding hydrogens is 446 g/mol. The van der Waals surface area contributed by atoms with Gasteiger partial charge in [0.2, 0.25) is 15.9 Å². The predicted molar refractivity (Wildman–Crippen MR) is 113 cm³/mol. The highest BCUT2D eigenvalue weighted by atomic mass is 79.9. The van der Waals surface area contributed by atoms with Crippen molar-refractivity contribution < 1.29 is 17.9 Å². The second kappa shape index (κ2) is 8.52. The zero-order valence-corrected chi connectivity index (χ0v) is 18.7. The van der Waals surface area contributed by atoms with Crippen molar-refractivity contribution in [1.82, 2.24) is 14.2 Å². The maximum Gasteiger partial charge on any atom is 0.239 e. The number of hydrogen-bond donors (Lipinski definition) is 1. The van der Waals surface area contributed by atoms with E-state index in [1.54, 1.807) is 0 Å². The van der Waals surface area contributed by atoms with Crippen LogP contribution < -0.4 is 5.32 Å². The molecule has 1 N–H and O–H groups in total. The van der Waals surface area contributed by atoms with Crippen LogP contribution in [-0.4, -0.2) is 60.8 Å². The van der Waals surface area contributed by atoms with Gasteiger partial charge in [0.15, 0.2) is 0 Å². The van der Waals surface area contributed by atoms with Gasteiger partial charge in [-0.2, -0.15) is 4.31 Å². The second-order valence-corrected chi connectivity index (χ2v) is 10.1. The van der Waals surface area contributed by atoms with Crippen LogP contribution in [0.15, 0.2) is 28.7 Å². The van der Waals surface area contributed by atoms with Crippen molar-refractivity contribution >= 4 is 42.8 Å². The van der Waals surface area contributed by atoms with Crippen molar-refractivity contribution in [3.63, 3.8) is 0 Å². The molecule has 0 saturated carbocycles. The van der Waals surface area contributed by atoms with Gasteiger partial charge < -0.3 is 14.6 Å². The largest absolute Gasteiger partial charge is 0.373 e. The Hall–Kier alpha value is -1.42. The third-order valence-electron chi connectivity index (χ3n) is 4.92. The topological polar surface area (TPSA) is 80.6 Å². The van der Waals surface area contributed by atoms with E-state index in [1.165, 1.54) is 4.31 Å². The zero-order chi connectivity index (χ0) is 20.5. The van der Waals surface area contributed by atoms with E-state index in [0.29, 0.717) is 13.1 Å². The van der Waals surface area contributed by atoms with Gasteiger partial charge in [-0.05, 0) is 42.8 Å². The summed E-state index contributed by atoms with van der Waals surface area (Å²) in [5, 5.41) is 3.78. The lowest BCUT2D eigenvalue weighted by Gasteiger charge is -2.34. The molecule has 1 aromatic heterocycles. The number of nitrogens with zero attached hydrogens (tertiary/aromatic N) is 2. The van der Waals surface area contributed by atoms with Crippen LogP contribution in [0, 0.1) is 6.92 Å². The monoisotopic (exact) mass is 471 g/mol. The number of aromatic nitrogens is 1. The van der Waals surface area contributed by atoms with Gasteiger partial charge in [-0.1, -0.05) is 18.2 Å². The molecule has 1 amide bonds. The molecule has 3 rings (SSSR count). The molecule has 9 heteroatoms. The summed E-state index contributed by atoms with van der Waals surface area (Å²) in [6, 6.07) is 7.85. The summed E-state index contributed by atoms with van der Waals surface area (Å²) in [4.78, 5) is 12.4. The fourth-order valence-corrected chi connectivity index (χ4v) is 5.64. The molecule has 2 aromatic rings. The standard InChI is InChI=1S/C19H26BrN3O4S/c1-13-10-22(11-14(2)27-13)28(25,26)9-8-21-18(24)12-23-15(3)19(20)16-6-4-5-7-17(16)23/h4-7,13-14H,8-12H2,1-3H3,(H,21,24). The van der Waals surface area contributed by atoms with Crippen molar-refractivity contribution in [1.29, 1.82) is 0 Å². The number of fused-ring (bicyclic) bond motifs is 1. The number of amides is 1. The number of halogens is 1. The third-order valence-corrected chi connectivity index (χ3v) is 7.72. The van der Waals surface area contributed by atoms with E-state index < -0.39 is 10.0 Å². The smallest absolute Gasteiger partial charge is 0.239 e. The summed E-state index contributed by atoms with van der Waals surface area (Å²) in [6.07, 6.45) is -0.256. The summed E-state index contributed by atoms with van der Waals surface area (Å²) in [5.41, 5.74) is 1.92. The van der Waals surface area contributed by atoms with Crippen LogP contribution in [0.3, 0.4) is 0 Å². The maximum absolute atomic E-state index is 12.6. The first-order valence-electron chi connectivity index (χ1n) is 9.32. The normalized spacial score (nSPS) is 21.1. The number of carbonyl (C=O) groups is 1. The number of benzene rings is 1. The van der Waals surface area contributed by atoms with Crippen molar-refractivity contribution in [2.24, 2.45) is 0 Å². The number of hydrogen-bond acceptors (Lipinski definition) is 4. The number of sulfonamides is 1. The lowest BCUT2D eigenvalue weighted by Crippen LogP contribution is -2.49. The molecule has 2 atom stereocenters. The zero-order valence-electron chi connectivity index (χ0n) is 16.3. The molecule has 1 aromatic carbocycles. The molecule has 1 saturated heterocycles. The molecule has 1 fully saturated rings. The summed E-state index contributed by atoms with van der Waals surface area (Å²) < 4.78 is 35.0. The molecular formula is C19H26BrN3O4S. The molecule has 1 aliphatic rings. The Bertz CT molecular complexity index is 963. The van der Waals surface area contributed by atoms with Crippen LogP contribution in [0.5, 0.6) is 0 Å². The highest BCUT2D eigenvalue weighted by Crippen LogP contribution is 2.30. The first kappa shape index (κ1) is 21.3. The van der Waals surface area contributed by atoms with Crippen LogP contribution in [0.1, 0.15) is 19.5 Å². The van der Waals surface area contributed by atoms with Crippen molar-refractivity contribution in [3.05, 3.63) is 34.4 Å². The highest BCUT2D eigenvalue weighted by molar-refractivity contribution is 9.10. The molecule has 7 nitrogen and oxygen atoms in total.